The molecule has 11 heavy (non-hydrogen) atoms. The van der Waals surface area contributed by atoms with E-state index in [0.29, 0.717) is 0 Å². The lowest BCUT2D eigenvalue weighted by molar-refractivity contribution is 0.544. The Labute approximate surface area is 66.4 Å². The molecule has 0 radical (unpaired) electrons. The Hall–Kier alpha value is -0.900. The van der Waals surface area contributed by atoms with Crippen LogP contribution in [0.1, 0.15) is 32.1 Å². The van der Waals surface area contributed by atoms with Crippen LogP contribution in [0.4, 0.5) is 0 Å². The molecule has 4 heteroatoms. The second kappa shape index (κ2) is 3.48. The van der Waals surface area contributed by atoms with Crippen molar-refractivity contribution in [1.82, 2.24) is 14.8 Å². The molecule has 0 aromatic carbocycles. The molecule has 1 aromatic rings. The van der Waals surface area contributed by atoms with Gasteiger partial charge in [-0.05, 0) is 13.3 Å². The van der Waals surface area contributed by atoms with Gasteiger partial charge in [0.2, 0.25) is 0 Å². The van der Waals surface area contributed by atoms with Crippen LogP contribution in [0, 0.1) is 0 Å². The van der Waals surface area contributed by atoms with Gasteiger partial charge in [-0.2, -0.15) is 5.10 Å². The van der Waals surface area contributed by atoms with Gasteiger partial charge in [-0.25, -0.2) is 9.67 Å². The van der Waals surface area contributed by atoms with E-state index in [1.165, 1.54) is 0 Å². The van der Waals surface area contributed by atoms with Gasteiger partial charge in [0.25, 0.3) is 0 Å². The van der Waals surface area contributed by atoms with E-state index in [4.69, 9.17) is 5.73 Å². The monoisotopic (exact) mass is 154 g/mol. The van der Waals surface area contributed by atoms with Gasteiger partial charge in [0.15, 0.2) is 0 Å². The summed E-state index contributed by atoms with van der Waals surface area (Å²) in [5.41, 5.74) is 5.67. The minimum absolute atomic E-state index is 0.0240. The van der Waals surface area contributed by atoms with Crippen LogP contribution in [-0.2, 0) is 6.54 Å². The Kier molecular flexibility index (Phi) is 2.59. The minimum atomic E-state index is -0.0240. The Morgan fingerprint density at radius 2 is 2.45 bits per heavy atom. The van der Waals surface area contributed by atoms with Crippen LogP contribution in [0.15, 0.2) is 6.33 Å². The van der Waals surface area contributed by atoms with Crippen LogP contribution in [-0.4, -0.2) is 14.8 Å². The van der Waals surface area contributed by atoms with Crippen molar-refractivity contribution in [2.24, 2.45) is 5.73 Å². The predicted molar refractivity (Wildman–Crippen MR) is 42.9 cm³/mol. The van der Waals surface area contributed by atoms with E-state index in [1.807, 2.05) is 11.6 Å². The summed E-state index contributed by atoms with van der Waals surface area (Å²) in [7, 11) is 0. The third kappa shape index (κ3) is 1.77. The average Bonchev–Trinajstić information content (AvgIpc) is 2.36. The highest BCUT2D eigenvalue weighted by molar-refractivity contribution is 4.90. The van der Waals surface area contributed by atoms with E-state index in [-0.39, 0.29) is 6.04 Å². The maximum atomic E-state index is 5.67. The molecule has 0 bridgehead atoms. The summed E-state index contributed by atoms with van der Waals surface area (Å²) in [5.74, 6) is 0.867. The number of nitrogens with two attached hydrogens (primary N) is 1. The predicted octanol–water partition coefficient (Wildman–Crippen LogP) is 0.708. The van der Waals surface area contributed by atoms with Gasteiger partial charge in [0.1, 0.15) is 12.2 Å². The molecular weight excluding hydrogens is 140 g/mol. The molecule has 0 aliphatic carbocycles. The van der Waals surface area contributed by atoms with E-state index >= 15 is 0 Å². The zero-order valence-electron chi connectivity index (χ0n) is 6.99. The van der Waals surface area contributed by atoms with Crippen molar-refractivity contribution in [3.63, 3.8) is 0 Å². The molecule has 1 rings (SSSR count). The van der Waals surface area contributed by atoms with Gasteiger partial charge in [-0.15, -0.1) is 0 Å². The van der Waals surface area contributed by atoms with Crippen molar-refractivity contribution in [3.8, 4) is 0 Å². The Morgan fingerprint density at radius 1 is 1.73 bits per heavy atom. The lowest BCUT2D eigenvalue weighted by Gasteiger charge is -2.05. The first-order valence-electron chi connectivity index (χ1n) is 3.89. The van der Waals surface area contributed by atoms with Crippen molar-refractivity contribution in [2.45, 2.75) is 32.9 Å². The molecule has 0 spiro atoms. The van der Waals surface area contributed by atoms with Crippen molar-refractivity contribution in [1.29, 1.82) is 0 Å². The van der Waals surface area contributed by atoms with Crippen molar-refractivity contribution < 1.29 is 0 Å². The van der Waals surface area contributed by atoms with Crippen LogP contribution < -0.4 is 5.73 Å². The zero-order valence-corrected chi connectivity index (χ0v) is 6.99. The fraction of sp³-hybridized carbons (Fsp3) is 0.714. The van der Waals surface area contributed by atoms with E-state index in [9.17, 15) is 0 Å². The molecule has 1 heterocycles. The zero-order chi connectivity index (χ0) is 8.27. The first-order valence-corrected chi connectivity index (χ1v) is 3.89. The van der Waals surface area contributed by atoms with Gasteiger partial charge in [-0.3, -0.25) is 0 Å². The van der Waals surface area contributed by atoms with Gasteiger partial charge >= 0.3 is 0 Å². The molecular formula is C7H14N4. The Bertz CT molecular complexity index is 216. The lowest BCUT2D eigenvalue weighted by atomic mass is 10.3. The number of nitrogens with zero attached hydrogens (tertiary/aromatic N) is 3. The largest absolute Gasteiger partial charge is 0.322 e. The first kappa shape index (κ1) is 8.20. The molecule has 0 unspecified atom stereocenters. The van der Waals surface area contributed by atoms with Crippen molar-refractivity contribution in [3.05, 3.63) is 12.2 Å². The summed E-state index contributed by atoms with van der Waals surface area (Å²) in [6.07, 6.45) is 2.61. The second-order valence-corrected chi connectivity index (χ2v) is 2.63. The normalized spacial score (nSPS) is 13.4. The summed E-state index contributed by atoms with van der Waals surface area (Å²) in [6.45, 7) is 4.92. The highest BCUT2D eigenvalue weighted by Crippen LogP contribution is 2.04. The smallest absolute Gasteiger partial charge is 0.143 e. The summed E-state index contributed by atoms with van der Waals surface area (Å²) in [4.78, 5) is 4.06. The maximum Gasteiger partial charge on any atom is 0.143 e. The molecule has 0 aliphatic rings. The molecule has 0 aliphatic heterocycles. The highest BCUT2D eigenvalue weighted by Gasteiger charge is 2.06. The molecule has 4 nitrogen and oxygen atoms in total. The summed E-state index contributed by atoms with van der Waals surface area (Å²) < 4.78 is 1.85. The number of rotatable bonds is 3. The Morgan fingerprint density at radius 3 is 3.00 bits per heavy atom. The van der Waals surface area contributed by atoms with Crippen LogP contribution in [0.25, 0.3) is 0 Å². The molecule has 0 fully saturated rings. The number of hydrogen-bond donors (Lipinski definition) is 1. The van der Waals surface area contributed by atoms with Gasteiger partial charge in [-0.1, -0.05) is 6.92 Å². The quantitative estimate of drug-likeness (QED) is 0.697. The number of hydrogen-bond acceptors (Lipinski definition) is 3. The van der Waals surface area contributed by atoms with E-state index < -0.39 is 0 Å². The third-order valence-corrected chi connectivity index (χ3v) is 1.49. The fourth-order valence-electron chi connectivity index (χ4n) is 1.01. The van der Waals surface area contributed by atoms with Crippen molar-refractivity contribution >= 4 is 0 Å². The van der Waals surface area contributed by atoms with E-state index in [2.05, 4.69) is 17.0 Å². The average molecular weight is 154 g/mol. The number of aryl methyl sites for hydroxylation is 1. The highest BCUT2D eigenvalue weighted by atomic mass is 15.3. The number of aromatic nitrogens is 3. The fourth-order valence-corrected chi connectivity index (χ4v) is 1.01. The molecule has 1 aromatic heterocycles. The summed E-state index contributed by atoms with van der Waals surface area (Å²) in [5, 5.41) is 4.05. The molecule has 0 saturated carbocycles. The SMILES string of the molecule is CCCn1ncnc1[C@H](C)N. The standard InChI is InChI=1S/C7H14N4/c1-3-4-11-7(6(2)8)9-5-10-11/h5-6H,3-4,8H2,1-2H3/t6-/m0/s1. The van der Waals surface area contributed by atoms with Crippen molar-refractivity contribution in [2.75, 3.05) is 0 Å². The minimum Gasteiger partial charge on any atom is -0.322 e. The van der Waals surface area contributed by atoms with Crippen LogP contribution in [0.2, 0.25) is 0 Å². The van der Waals surface area contributed by atoms with E-state index in [1.54, 1.807) is 6.33 Å². The van der Waals surface area contributed by atoms with Crippen LogP contribution >= 0.6 is 0 Å². The molecule has 62 valence electrons. The van der Waals surface area contributed by atoms with Gasteiger partial charge in [0, 0.05) is 6.54 Å². The Balaban J connectivity index is 2.78. The van der Waals surface area contributed by atoms with Crippen LogP contribution in [0.5, 0.6) is 0 Å². The molecule has 0 saturated heterocycles. The van der Waals surface area contributed by atoms with Gasteiger partial charge in [0.05, 0.1) is 6.04 Å². The third-order valence-electron chi connectivity index (χ3n) is 1.49. The molecule has 1 atom stereocenters. The lowest BCUT2D eigenvalue weighted by Crippen LogP contribution is -2.14. The summed E-state index contributed by atoms with van der Waals surface area (Å²) in [6, 6.07) is -0.0240. The first-order chi connectivity index (χ1) is 5.25. The molecule has 2 N–H and O–H groups in total. The maximum absolute atomic E-state index is 5.67. The topological polar surface area (TPSA) is 56.7 Å². The molecule has 0 amide bonds. The summed E-state index contributed by atoms with van der Waals surface area (Å²) >= 11 is 0. The van der Waals surface area contributed by atoms with Crippen LogP contribution in [0.3, 0.4) is 0 Å². The second-order valence-electron chi connectivity index (χ2n) is 2.63. The van der Waals surface area contributed by atoms with E-state index in [0.717, 1.165) is 18.8 Å². The van der Waals surface area contributed by atoms with Gasteiger partial charge < -0.3 is 5.73 Å².